The summed E-state index contributed by atoms with van der Waals surface area (Å²) in [6, 6.07) is 6.01. The maximum atomic E-state index is 12.6. The predicted octanol–water partition coefficient (Wildman–Crippen LogP) is 3.05. The zero-order valence-electron chi connectivity index (χ0n) is 16.0. The number of amidine groups is 1. The summed E-state index contributed by atoms with van der Waals surface area (Å²) in [5, 5.41) is 6.62. The Bertz CT molecular complexity index is 978. The molecule has 1 amide bonds. The molecule has 0 fully saturated rings. The van der Waals surface area contributed by atoms with Gasteiger partial charge in [-0.15, -0.1) is 0 Å². The number of aliphatic imine (C=N–C) groups is 1. The number of carbonyl (C=O) groups is 1. The number of nitrogens with one attached hydrogen (secondary N) is 2. The van der Waals surface area contributed by atoms with Crippen LogP contribution in [0.2, 0.25) is 0 Å². The minimum Gasteiger partial charge on any atom is -0.361 e. The number of sulfonamides is 1. The standard InChI is InChI=1S/C19H24N4O4S/c1-3-16-18(13(2)27-22-16)19(24)21-14-8-10-15(11-9-14)28(25,26)23-17-7-5-4-6-12-20-17/h8-11H,3-7,12H2,1-2H3,(H,20,23)(H,21,24). The first-order valence-corrected chi connectivity index (χ1v) is 10.8. The third-order valence-corrected chi connectivity index (χ3v) is 5.94. The number of aryl methyl sites for hydroxylation is 2. The molecular formula is C19H24N4O4S. The van der Waals surface area contributed by atoms with Gasteiger partial charge in [0.25, 0.3) is 15.9 Å². The van der Waals surface area contributed by atoms with Gasteiger partial charge in [-0.25, -0.2) is 8.42 Å². The maximum absolute atomic E-state index is 12.6. The Morgan fingerprint density at radius 1 is 1.18 bits per heavy atom. The summed E-state index contributed by atoms with van der Waals surface area (Å²) in [4.78, 5) is 16.9. The smallest absolute Gasteiger partial charge is 0.262 e. The van der Waals surface area contributed by atoms with Gasteiger partial charge >= 0.3 is 0 Å². The second kappa shape index (κ2) is 8.55. The summed E-state index contributed by atoms with van der Waals surface area (Å²) in [7, 11) is -3.70. The van der Waals surface area contributed by atoms with E-state index in [1.807, 2.05) is 6.92 Å². The molecular weight excluding hydrogens is 380 g/mol. The van der Waals surface area contributed by atoms with Crippen LogP contribution in [0.15, 0.2) is 38.7 Å². The number of rotatable bonds is 5. The Morgan fingerprint density at radius 2 is 1.93 bits per heavy atom. The molecule has 1 aliphatic rings. The molecule has 0 spiro atoms. The fourth-order valence-electron chi connectivity index (χ4n) is 3.03. The van der Waals surface area contributed by atoms with Crippen LogP contribution in [0.4, 0.5) is 5.69 Å². The summed E-state index contributed by atoms with van der Waals surface area (Å²) in [6.07, 6.45) is 4.16. The van der Waals surface area contributed by atoms with E-state index < -0.39 is 10.0 Å². The van der Waals surface area contributed by atoms with Crippen molar-refractivity contribution in [1.82, 2.24) is 9.88 Å². The first kappa shape index (κ1) is 20.1. The highest BCUT2D eigenvalue weighted by molar-refractivity contribution is 7.90. The topological polar surface area (TPSA) is 114 Å². The third-order valence-electron chi connectivity index (χ3n) is 4.54. The molecule has 2 N–H and O–H groups in total. The fraction of sp³-hybridized carbons (Fsp3) is 0.421. The van der Waals surface area contributed by atoms with Crippen molar-refractivity contribution >= 4 is 27.5 Å². The molecule has 0 saturated heterocycles. The van der Waals surface area contributed by atoms with Gasteiger partial charge in [0, 0.05) is 18.7 Å². The Hall–Kier alpha value is -2.68. The average Bonchev–Trinajstić information content (AvgIpc) is 2.86. The number of carbonyl (C=O) groups excluding carboxylic acids is 1. The van der Waals surface area contributed by atoms with Crippen molar-refractivity contribution < 1.29 is 17.7 Å². The van der Waals surface area contributed by atoms with Crippen LogP contribution in [-0.2, 0) is 16.4 Å². The molecule has 1 aliphatic heterocycles. The zero-order chi connectivity index (χ0) is 20.1. The number of nitrogens with zero attached hydrogens (tertiary/aromatic N) is 2. The van der Waals surface area contributed by atoms with Gasteiger partial charge in [-0.2, -0.15) is 0 Å². The second-order valence-corrected chi connectivity index (χ2v) is 8.32. The number of aromatic nitrogens is 1. The normalized spacial score (nSPS) is 14.9. The lowest BCUT2D eigenvalue weighted by Gasteiger charge is -2.10. The van der Waals surface area contributed by atoms with Crippen molar-refractivity contribution in [2.24, 2.45) is 4.99 Å². The second-order valence-electron chi connectivity index (χ2n) is 6.64. The van der Waals surface area contributed by atoms with Crippen LogP contribution in [-0.4, -0.2) is 31.9 Å². The number of benzene rings is 1. The quantitative estimate of drug-likeness (QED) is 0.795. The van der Waals surface area contributed by atoms with Crippen molar-refractivity contribution in [2.45, 2.75) is 50.8 Å². The lowest BCUT2D eigenvalue weighted by Crippen LogP contribution is -2.30. The van der Waals surface area contributed by atoms with E-state index in [9.17, 15) is 13.2 Å². The molecule has 0 bridgehead atoms. The highest BCUT2D eigenvalue weighted by Crippen LogP contribution is 2.19. The molecule has 0 aliphatic carbocycles. The molecule has 0 atom stereocenters. The van der Waals surface area contributed by atoms with Gasteiger partial charge in [0.05, 0.1) is 10.6 Å². The van der Waals surface area contributed by atoms with Crippen LogP contribution >= 0.6 is 0 Å². The van der Waals surface area contributed by atoms with Crippen molar-refractivity contribution in [2.75, 3.05) is 11.9 Å². The van der Waals surface area contributed by atoms with E-state index in [1.54, 1.807) is 19.1 Å². The lowest BCUT2D eigenvalue weighted by molar-refractivity contribution is 0.102. The molecule has 9 heteroatoms. The van der Waals surface area contributed by atoms with E-state index in [2.05, 4.69) is 20.2 Å². The van der Waals surface area contributed by atoms with Crippen LogP contribution in [0, 0.1) is 6.92 Å². The fourth-order valence-corrected chi connectivity index (χ4v) is 4.12. The largest absolute Gasteiger partial charge is 0.361 e. The lowest BCUT2D eigenvalue weighted by atomic mass is 10.1. The van der Waals surface area contributed by atoms with Gasteiger partial charge in [0.15, 0.2) is 0 Å². The molecule has 0 radical (unpaired) electrons. The summed E-state index contributed by atoms with van der Waals surface area (Å²) >= 11 is 0. The van der Waals surface area contributed by atoms with Gasteiger partial charge in [0.1, 0.15) is 17.2 Å². The highest BCUT2D eigenvalue weighted by atomic mass is 32.2. The molecule has 28 heavy (non-hydrogen) atoms. The third kappa shape index (κ3) is 4.59. The first-order valence-electron chi connectivity index (χ1n) is 9.33. The number of anilines is 1. The molecule has 1 aromatic heterocycles. The molecule has 2 heterocycles. The van der Waals surface area contributed by atoms with E-state index in [4.69, 9.17) is 4.52 Å². The van der Waals surface area contributed by atoms with E-state index in [0.29, 0.717) is 47.9 Å². The molecule has 150 valence electrons. The van der Waals surface area contributed by atoms with Crippen molar-refractivity contribution in [3.05, 3.63) is 41.3 Å². The molecule has 0 saturated carbocycles. The number of hydrogen-bond donors (Lipinski definition) is 2. The summed E-state index contributed by atoms with van der Waals surface area (Å²) in [6.45, 7) is 4.21. The van der Waals surface area contributed by atoms with E-state index in [0.717, 1.165) is 19.3 Å². The van der Waals surface area contributed by atoms with Crippen molar-refractivity contribution in [3.63, 3.8) is 0 Å². The molecule has 1 aromatic carbocycles. The first-order chi connectivity index (χ1) is 13.4. The van der Waals surface area contributed by atoms with Gasteiger partial charge in [0.2, 0.25) is 0 Å². The minimum atomic E-state index is -3.70. The predicted molar refractivity (Wildman–Crippen MR) is 106 cm³/mol. The molecule has 3 rings (SSSR count). The van der Waals surface area contributed by atoms with Crippen molar-refractivity contribution in [3.8, 4) is 0 Å². The zero-order valence-corrected chi connectivity index (χ0v) is 16.8. The van der Waals surface area contributed by atoms with Gasteiger partial charge < -0.3 is 9.84 Å². The van der Waals surface area contributed by atoms with Gasteiger partial charge in [-0.3, -0.25) is 14.5 Å². The summed E-state index contributed by atoms with van der Waals surface area (Å²) < 4.78 is 32.8. The summed E-state index contributed by atoms with van der Waals surface area (Å²) in [5.41, 5.74) is 1.48. The number of amides is 1. The van der Waals surface area contributed by atoms with E-state index >= 15 is 0 Å². The van der Waals surface area contributed by atoms with Crippen LogP contribution in [0.5, 0.6) is 0 Å². The van der Waals surface area contributed by atoms with Crippen LogP contribution in [0.1, 0.15) is 54.4 Å². The SMILES string of the molecule is CCc1noc(C)c1C(=O)Nc1ccc(S(=O)(=O)NC2=NCCCCC2)cc1. The Labute approximate surface area is 164 Å². The molecule has 2 aromatic rings. The highest BCUT2D eigenvalue weighted by Gasteiger charge is 2.20. The van der Waals surface area contributed by atoms with E-state index in [1.165, 1.54) is 12.1 Å². The van der Waals surface area contributed by atoms with Crippen LogP contribution in [0.3, 0.4) is 0 Å². The Morgan fingerprint density at radius 3 is 2.64 bits per heavy atom. The Balaban J connectivity index is 1.71. The maximum Gasteiger partial charge on any atom is 0.262 e. The average molecular weight is 404 g/mol. The molecule has 0 unspecified atom stereocenters. The monoisotopic (exact) mass is 404 g/mol. The van der Waals surface area contributed by atoms with Crippen LogP contribution in [0.25, 0.3) is 0 Å². The van der Waals surface area contributed by atoms with Crippen LogP contribution < -0.4 is 10.0 Å². The van der Waals surface area contributed by atoms with E-state index in [-0.39, 0.29) is 10.8 Å². The molecule has 8 nitrogen and oxygen atoms in total. The van der Waals surface area contributed by atoms with Gasteiger partial charge in [-0.1, -0.05) is 18.5 Å². The Kier molecular flexibility index (Phi) is 6.13. The number of hydrogen-bond acceptors (Lipinski definition) is 6. The minimum absolute atomic E-state index is 0.118. The van der Waals surface area contributed by atoms with Gasteiger partial charge in [-0.05, 0) is 50.5 Å². The van der Waals surface area contributed by atoms with Crippen molar-refractivity contribution in [1.29, 1.82) is 0 Å². The summed E-state index contributed by atoms with van der Waals surface area (Å²) in [5.74, 6) is 0.615.